The van der Waals surface area contributed by atoms with E-state index in [0.717, 1.165) is 43.3 Å². The van der Waals surface area contributed by atoms with Gasteiger partial charge < -0.3 is 25.2 Å². The molecule has 1 aliphatic rings. The van der Waals surface area contributed by atoms with Gasteiger partial charge in [0, 0.05) is 45.3 Å². The Morgan fingerprint density at radius 3 is 2.48 bits per heavy atom. The van der Waals surface area contributed by atoms with E-state index in [4.69, 9.17) is 4.74 Å². The summed E-state index contributed by atoms with van der Waals surface area (Å²) in [4.78, 5) is 16.2. The fraction of sp³-hybridized carbons (Fsp3) is 0.381. The van der Waals surface area contributed by atoms with Gasteiger partial charge >= 0.3 is 0 Å². The first-order chi connectivity index (χ1) is 13.1. The molecule has 0 bridgehead atoms. The number of amides is 1. The highest BCUT2D eigenvalue weighted by molar-refractivity contribution is 5.93. The van der Waals surface area contributed by atoms with Crippen LogP contribution in [0.2, 0.25) is 0 Å². The Kier molecular flexibility index (Phi) is 6.54. The average Bonchev–Trinajstić information content (AvgIpc) is 2.67. The summed E-state index contributed by atoms with van der Waals surface area (Å²) in [6.07, 6.45) is 0. The third-order valence-corrected chi connectivity index (χ3v) is 4.61. The summed E-state index contributed by atoms with van der Waals surface area (Å²) < 4.78 is 5.74. The van der Waals surface area contributed by atoms with Crippen molar-refractivity contribution in [2.75, 3.05) is 61.9 Å². The van der Waals surface area contributed by atoms with Gasteiger partial charge in [0.2, 0.25) is 5.91 Å². The molecule has 0 atom stereocenters. The minimum Gasteiger partial charge on any atom is -0.492 e. The molecule has 0 radical (unpaired) electrons. The van der Waals surface area contributed by atoms with Gasteiger partial charge in [-0.15, -0.1) is 0 Å². The quantitative estimate of drug-likeness (QED) is 0.736. The highest BCUT2D eigenvalue weighted by atomic mass is 16.5. The number of rotatable bonds is 7. The lowest BCUT2D eigenvalue weighted by molar-refractivity contribution is -0.114. The van der Waals surface area contributed by atoms with Crippen molar-refractivity contribution in [2.45, 2.75) is 6.92 Å². The lowest BCUT2D eigenvalue weighted by Crippen LogP contribution is -2.44. The first-order valence-electron chi connectivity index (χ1n) is 9.38. The first kappa shape index (κ1) is 19.0. The van der Waals surface area contributed by atoms with Gasteiger partial charge in [-0.1, -0.05) is 18.2 Å². The predicted octanol–water partition coefficient (Wildman–Crippen LogP) is 2.89. The van der Waals surface area contributed by atoms with Crippen molar-refractivity contribution in [1.82, 2.24) is 4.90 Å². The lowest BCUT2D eigenvalue weighted by atomic mass is 10.2. The van der Waals surface area contributed by atoms with Crippen molar-refractivity contribution < 1.29 is 9.53 Å². The molecule has 1 aliphatic heterocycles. The summed E-state index contributed by atoms with van der Waals surface area (Å²) in [6.45, 7) is 6.84. The number of carbonyl (C=O) groups is 1. The zero-order valence-corrected chi connectivity index (χ0v) is 16.1. The van der Waals surface area contributed by atoms with E-state index >= 15 is 0 Å². The number of hydrogen-bond acceptors (Lipinski definition) is 5. The zero-order valence-electron chi connectivity index (χ0n) is 16.1. The number of benzene rings is 2. The number of nitrogens with zero attached hydrogens (tertiary/aromatic N) is 2. The summed E-state index contributed by atoms with van der Waals surface area (Å²) in [5.41, 5.74) is 2.88. The largest absolute Gasteiger partial charge is 0.492 e. The SMILES string of the molecule is CC(=O)Nc1ccc(N2CCN(C)CC2)cc1NCCOc1ccccc1. The molecule has 1 fully saturated rings. The second-order valence-electron chi connectivity index (χ2n) is 6.79. The monoisotopic (exact) mass is 368 g/mol. The Morgan fingerprint density at radius 1 is 1.04 bits per heavy atom. The molecule has 0 spiro atoms. The number of likely N-dealkylation sites (N-methyl/N-ethyl adjacent to an activating group) is 1. The number of ether oxygens (including phenoxy) is 1. The third-order valence-electron chi connectivity index (χ3n) is 4.61. The van der Waals surface area contributed by atoms with Crippen LogP contribution >= 0.6 is 0 Å². The molecule has 1 saturated heterocycles. The number of hydrogen-bond donors (Lipinski definition) is 2. The van der Waals surface area contributed by atoms with Gasteiger partial charge in [-0.25, -0.2) is 0 Å². The molecule has 6 heteroatoms. The van der Waals surface area contributed by atoms with Crippen LogP contribution in [-0.2, 0) is 4.79 Å². The van der Waals surface area contributed by atoms with E-state index < -0.39 is 0 Å². The van der Waals surface area contributed by atoms with Gasteiger partial charge in [-0.05, 0) is 37.4 Å². The van der Waals surface area contributed by atoms with E-state index in [1.54, 1.807) is 0 Å². The predicted molar refractivity (Wildman–Crippen MR) is 111 cm³/mol. The number of nitrogens with one attached hydrogen (secondary N) is 2. The zero-order chi connectivity index (χ0) is 19.1. The molecule has 1 amide bonds. The molecular weight excluding hydrogens is 340 g/mol. The van der Waals surface area contributed by atoms with Gasteiger partial charge in [0.1, 0.15) is 12.4 Å². The maximum atomic E-state index is 11.5. The molecule has 6 nitrogen and oxygen atoms in total. The first-order valence-corrected chi connectivity index (χ1v) is 9.38. The Labute approximate surface area is 161 Å². The summed E-state index contributed by atoms with van der Waals surface area (Å²) in [5, 5.41) is 6.30. The second-order valence-corrected chi connectivity index (χ2v) is 6.79. The van der Waals surface area contributed by atoms with Crippen molar-refractivity contribution in [3.63, 3.8) is 0 Å². The van der Waals surface area contributed by atoms with Gasteiger partial charge in [-0.2, -0.15) is 0 Å². The van der Waals surface area contributed by atoms with Crippen molar-refractivity contribution in [1.29, 1.82) is 0 Å². The summed E-state index contributed by atoms with van der Waals surface area (Å²) in [6, 6.07) is 15.9. The van der Waals surface area contributed by atoms with Crippen LogP contribution in [0.5, 0.6) is 5.75 Å². The van der Waals surface area contributed by atoms with Crippen molar-refractivity contribution >= 4 is 23.0 Å². The molecule has 0 aromatic heterocycles. The van der Waals surface area contributed by atoms with Crippen molar-refractivity contribution in [3.8, 4) is 5.75 Å². The van der Waals surface area contributed by atoms with Crippen LogP contribution in [0.1, 0.15) is 6.92 Å². The molecule has 2 aromatic rings. The summed E-state index contributed by atoms with van der Waals surface area (Å²) in [7, 11) is 2.15. The smallest absolute Gasteiger partial charge is 0.221 e. The molecule has 0 unspecified atom stereocenters. The minimum absolute atomic E-state index is 0.0778. The van der Waals surface area contributed by atoms with Crippen LogP contribution in [0, 0.1) is 0 Å². The Hall–Kier alpha value is -2.73. The molecule has 0 aliphatic carbocycles. The maximum absolute atomic E-state index is 11.5. The van der Waals surface area contributed by atoms with Gasteiger partial charge in [0.05, 0.1) is 11.4 Å². The summed E-state index contributed by atoms with van der Waals surface area (Å²) >= 11 is 0. The summed E-state index contributed by atoms with van der Waals surface area (Å²) in [5.74, 6) is 0.776. The molecule has 2 aromatic carbocycles. The van der Waals surface area contributed by atoms with E-state index in [9.17, 15) is 4.79 Å². The lowest BCUT2D eigenvalue weighted by Gasteiger charge is -2.34. The van der Waals surface area contributed by atoms with E-state index in [1.807, 2.05) is 36.4 Å². The molecule has 144 valence electrons. The molecule has 3 rings (SSSR count). The van der Waals surface area contributed by atoms with E-state index in [-0.39, 0.29) is 5.91 Å². The van der Waals surface area contributed by atoms with E-state index in [0.29, 0.717) is 13.2 Å². The van der Waals surface area contributed by atoms with Crippen LogP contribution < -0.4 is 20.3 Å². The highest BCUT2D eigenvalue weighted by Gasteiger charge is 2.15. The van der Waals surface area contributed by atoms with E-state index in [2.05, 4.69) is 39.6 Å². The molecule has 2 N–H and O–H groups in total. The number of carbonyl (C=O) groups excluding carboxylic acids is 1. The fourth-order valence-electron chi connectivity index (χ4n) is 3.11. The maximum Gasteiger partial charge on any atom is 0.221 e. The van der Waals surface area contributed by atoms with Gasteiger partial charge in [-0.3, -0.25) is 4.79 Å². The molecule has 27 heavy (non-hydrogen) atoms. The van der Waals surface area contributed by atoms with Crippen LogP contribution in [0.25, 0.3) is 0 Å². The number of anilines is 3. The third kappa shape index (κ3) is 5.62. The Balaban J connectivity index is 1.64. The standard InChI is InChI=1S/C21H28N4O2/c1-17(26)23-20-9-8-18(25-13-11-24(2)12-14-25)16-21(20)22-10-15-27-19-6-4-3-5-7-19/h3-9,16,22H,10-15H2,1-2H3,(H,23,26). The second kappa shape index (κ2) is 9.28. The highest BCUT2D eigenvalue weighted by Crippen LogP contribution is 2.28. The Bertz CT molecular complexity index is 743. The fourth-order valence-corrected chi connectivity index (χ4v) is 3.11. The van der Waals surface area contributed by atoms with Crippen molar-refractivity contribution in [3.05, 3.63) is 48.5 Å². The van der Waals surface area contributed by atoms with Crippen molar-refractivity contribution in [2.24, 2.45) is 0 Å². The molecular formula is C21H28N4O2. The molecule has 1 heterocycles. The number of piperazine rings is 1. The number of para-hydroxylation sites is 1. The topological polar surface area (TPSA) is 56.8 Å². The van der Waals surface area contributed by atoms with Crippen LogP contribution in [0.15, 0.2) is 48.5 Å². The van der Waals surface area contributed by atoms with Crippen LogP contribution in [0.4, 0.5) is 17.1 Å². The van der Waals surface area contributed by atoms with Gasteiger partial charge in [0.15, 0.2) is 0 Å². The normalized spacial score (nSPS) is 14.7. The minimum atomic E-state index is -0.0778. The Morgan fingerprint density at radius 2 is 1.78 bits per heavy atom. The van der Waals surface area contributed by atoms with E-state index in [1.165, 1.54) is 12.6 Å². The van der Waals surface area contributed by atoms with Gasteiger partial charge in [0.25, 0.3) is 0 Å². The average molecular weight is 368 g/mol. The van der Waals surface area contributed by atoms with Crippen LogP contribution in [-0.4, -0.2) is 57.2 Å². The van der Waals surface area contributed by atoms with Crippen LogP contribution in [0.3, 0.4) is 0 Å². The molecule has 0 saturated carbocycles.